The number of aryl methyl sites for hydroxylation is 1. The molecular formula is C21H21FN4O5S. The molecule has 1 aromatic heterocycles. The van der Waals surface area contributed by atoms with Gasteiger partial charge in [0.2, 0.25) is 21.7 Å². The number of hydrogen-bond donors (Lipinski definition) is 0. The van der Waals surface area contributed by atoms with Crippen LogP contribution < -0.4 is 4.74 Å². The number of carbonyl (C=O) groups is 1. The van der Waals surface area contributed by atoms with Crippen LogP contribution in [0, 0.1) is 12.7 Å². The van der Waals surface area contributed by atoms with Crippen molar-refractivity contribution in [2.45, 2.75) is 18.4 Å². The van der Waals surface area contributed by atoms with Crippen molar-refractivity contribution >= 4 is 15.9 Å². The number of amides is 1. The Morgan fingerprint density at radius 1 is 1.09 bits per heavy atom. The summed E-state index contributed by atoms with van der Waals surface area (Å²) in [6.45, 7) is 2.43. The van der Waals surface area contributed by atoms with Gasteiger partial charge in [-0.3, -0.25) is 4.79 Å². The fourth-order valence-corrected chi connectivity index (χ4v) is 4.79. The fourth-order valence-electron chi connectivity index (χ4n) is 3.37. The molecule has 4 rings (SSSR count). The van der Waals surface area contributed by atoms with Crippen molar-refractivity contribution in [3.8, 4) is 5.75 Å². The van der Waals surface area contributed by atoms with Gasteiger partial charge in [0.25, 0.3) is 5.91 Å². The second-order valence-electron chi connectivity index (χ2n) is 7.16. The van der Waals surface area contributed by atoms with Crippen molar-refractivity contribution in [3.63, 3.8) is 0 Å². The third-order valence-electron chi connectivity index (χ3n) is 5.02. The number of benzene rings is 2. The highest BCUT2D eigenvalue weighted by atomic mass is 32.2. The van der Waals surface area contributed by atoms with Crippen molar-refractivity contribution < 1.29 is 26.9 Å². The number of rotatable bonds is 6. The van der Waals surface area contributed by atoms with Gasteiger partial charge in [-0.1, -0.05) is 17.3 Å². The molecule has 11 heteroatoms. The molecule has 168 valence electrons. The van der Waals surface area contributed by atoms with Crippen LogP contribution in [0.4, 0.5) is 4.39 Å². The van der Waals surface area contributed by atoms with Gasteiger partial charge in [-0.15, -0.1) is 0 Å². The molecule has 0 radical (unpaired) electrons. The molecule has 1 amide bonds. The molecule has 0 N–H and O–H groups in total. The van der Waals surface area contributed by atoms with Gasteiger partial charge in [0.05, 0.1) is 10.5 Å². The number of nitrogens with zero attached hydrogens (tertiary/aromatic N) is 4. The Hall–Kier alpha value is -3.31. The molecule has 2 aromatic carbocycles. The number of hydrogen-bond acceptors (Lipinski definition) is 7. The quantitative estimate of drug-likeness (QED) is 0.555. The van der Waals surface area contributed by atoms with E-state index in [-0.39, 0.29) is 43.6 Å². The zero-order valence-electron chi connectivity index (χ0n) is 17.3. The summed E-state index contributed by atoms with van der Waals surface area (Å²) in [6.07, 6.45) is 0. The molecule has 3 aromatic rings. The molecule has 1 aliphatic heterocycles. The average molecular weight is 460 g/mol. The summed E-state index contributed by atoms with van der Waals surface area (Å²) in [7, 11) is -3.76. The second-order valence-corrected chi connectivity index (χ2v) is 9.10. The topological polar surface area (TPSA) is 106 Å². The number of aromatic nitrogens is 2. The maximum absolute atomic E-state index is 13.1. The minimum atomic E-state index is -3.76. The second kappa shape index (κ2) is 9.05. The molecule has 0 bridgehead atoms. The molecule has 2 heterocycles. The standard InChI is InChI=1S/C21H21FN4O5S/c1-15-23-20(24-31-15)14-30-19-5-3-2-4-18(19)21(27)25-10-12-26(13-11-25)32(28,29)17-8-6-16(22)7-9-17/h2-9H,10-14H2,1H3. The van der Waals surface area contributed by atoms with Gasteiger partial charge in [0, 0.05) is 33.1 Å². The normalized spacial score (nSPS) is 15.0. The van der Waals surface area contributed by atoms with Crippen LogP contribution in [0.15, 0.2) is 57.9 Å². The Morgan fingerprint density at radius 3 is 2.44 bits per heavy atom. The zero-order chi connectivity index (χ0) is 22.7. The lowest BCUT2D eigenvalue weighted by atomic mass is 10.1. The first-order chi connectivity index (χ1) is 15.3. The molecule has 0 aliphatic carbocycles. The van der Waals surface area contributed by atoms with Gasteiger partial charge in [-0.05, 0) is 36.4 Å². The van der Waals surface area contributed by atoms with E-state index in [1.807, 2.05) is 0 Å². The Balaban J connectivity index is 1.42. The van der Waals surface area contributed by atoms with Gasteiger partial charge < -0.3 is 14.2 Å². The molecule has 9 nitrogen and oxygen atoms in total. The van der Waals surface area contributed by atoms with E-state index in [0.717, 1.165) is 12.1 Å². The lowest BCUT2D eigenvalue weighted by molar-refractivity contribution is 0.0693. The molecule has 0 spiro atoms. The van der Waals surface area contributed by atoms with E-state index < -0.39 is 15.8 Å². The minimum Gasteiger partial charge on any atom is -0.485 e. The highest BCUT2D eigenvalue weighted by Gasteiger charge is 2.31. The van der Waals surface area contributed by atoms with Crippen LogP contribution in [0.3, 0.4) is 0 Å². The van der Waals surface area contributed by atoms with Crippen LogP contribution in [0.5, 0.6) is 5.75 Å². The Morgan fingerprint density at radius 2 is 1.78 bits per heavy atom. The van der Waals surface area contributed by atoms with Crippen molar-refractivity contribution in [2.75, 3.05) is 26.2 Å². The fraction of sp³-hybridized carbons (Fsp3) is 0.286. The number of ether oxygens (including phenoxy) is 1. The van der Waals surface area contributed by atoms with Gasteiger partial charge in [0.1, 0.15) is 11.6 Å². The van der Waals surface area contributed by atoms with Crippen molar-refractivity contribution in [1.29, 1.82) is 0 Å². The summed E-state index contributed by atoms with van der Waals surface area (Å²) in [4.78, 5) is 18.8. The number of carbonyl (C=O) groups excluding carboxylic acids is 1. The number of para-hydroxylation sites is 1. The van der Waals surface area contributed by atoms with Gasteiger partial charge in [0.15, 0.2) is 6.61 Å². The predicted octanol–water partition coefficient (Wildman–Crippen LogP) is 2.24. The SMILES string of the molecule is Cc1nc(COc2ccccc2C(=O)N2CCN(S(=O)(=O)c3ccc(F)cc3)CC2)no1. The maximum Gasteiger partial charge on any atom is 0.257 e. The van der Waals surface area contributed by atoms with Crippen LogP contribution in [-0.4, -0.2) is 59.8 Å². The summed E-state index contributed by atoms with van der Waals surface area (Å²) >= 11 is 0. The largest absolute Gasteiger partial charge is 0.485 e. The minimum absolute atomic E-state index is 0.0223. The molecule has 1 fully saturated rings. The molecule has 0 saturated carbocycles. The Kier molecular flexibility index (Phi) is 6.19. The van der Waals surface area contributed by atoms with Crippen LogP contribution in [-0.2, 0) is 16.6 Å². The van der Waals surface area contributed by atoms with Crippen LogP contribution in [0.25, 0.3) is 0 Å². The van der Waals surface area contributed by atoms with Gasteiger partial charge >= 0.3 is 0 Å². The average Bonchev–Trinajstić information content (AvgIpc) is 3.23. The van der Waals surface area contributed by atoms with E-state index in [1.165, 1.54) is 16.4 Å². The van der Waals surface area contributed by atoms with Crippen molar-refractivity contribution in [1.82, 2.24) is 19.3 Å². The van der Waals surface area contributed by atoms with E-state index in [2.05, 4.69) is 10.1 Å². The Labute approximate surface area is 184 Å². The first-order valence-corrected chi connectivity index (χ1v) is 11.3. The van der Waals surface area contributed by atoms with Crippen LogP contribution >= 0.6 is 0 Å². The first kappa shape index (κ1) is 21.9. The molecule has 32 heavy (non-hydrogen) atoms. The molecule has 0 unspecified atom stereocenters. The summed E-state index contributed by atoms with van der Waals surface area (Å²) in [5.74, 6) is 0.394. The summed E-state index contributed by atoms with van der Waals surface area (Å²) in [5, 5.41) is 3.77. The van der Waals surface area contributed by atoms with E-state index in [1.54, 1.807) is 36.1 Å². The monoisotopic (exact) mass is 460 g/mol. The van der Waals surface area contributed by atoms with Crippen LogP contribution in [0.1, 0.15) is 22.1 Å². The van der Waals surface area contributed by atoms with E-state index in [0.29, 0.717) is 23.0 Å². The summed E-state index contributed by atoms with van der Waals surface area (Å²) < 4.78 is 50.6. The van der Waals surface area contributed by atoms with Crippen molar-refractivity contribution in [3.05, 3.63) is 71.6 Å². The van der Waals surface area contributed by atoms with E-state index in [4.69, 9.17) is 9.26 Å². The van der Waals surface area contributed by atoms with Gasteiger partial charge in [-0.2, -0.15) is 9.29 Å². The molecule has 1 saturated heterocycles. The lowest BCUT2D eigenvalue weighted by Gasteiger charge is -2.34. The summed E-state index contributed by atoms with van der Waals surface area (Å²) in [5.41, 5.74) is 0.363. The lowest BCUT2D eigenvalue weighted by Crippen LogP contribution is -2.50. The molecule has 1 aliphatic rings. The van der Waals surface area contributed by atoms with E-state index >= 15 is 0 Å². The third-order valence-corrected chi connectivity index (χ3v) is 6.93. The maximum atomic E-state index is 13.1. The third kappa shape index (κ3) is 4.63. The smallest absolute Gasteiger partial charge is 0.257 e. The molecular weight excluding hydrogens is 439 g/mol. The number of piperazine rings is 1. The number of sulfonamides is 1. The van der Waals surface area contributed by atoms with Crippen molar-refractivity contribution in [2.24, 2.45) is 0 Å². The van der Waals surface area contributed by atoms with E-state index in [9.17, 15) is 17.6 Å². The number of halogens is 1. The van der Waals surface area contributed by atoms with Crippen LogP contribution in [0.2, 0.25) is 0 Å². The Bertz CT molecular complexity index is 1200. The highest BCUT2D eigenvalue weighted by molar-refractivity contribution is 7.89. The first-order valence-electron chi connectivity index (χ1n) is 9.90. The zero-order valence-corrected chi connectivity index (χ0v) is 18.1. The predicted molar refractivity (Wildman–Crippen MR) is 111 cm³/mol. The van der Waals surface area contributed by atoms with Gasteiger partial charge in [-0.25, -0.2) is 12.8 Å². The molecule has 0 atom stereocenters. The highest BCUT2D eigenvalue weighted by Crippen LogP contribution is 2.23. The summed E-state index contributed by atoms with van der Waals surface area (Å²) in [6, 6.07) is 11.5.